The smallest absolute Gasteiger partial charge is 0.320 e. The highest BCUT2D eigenvalue weighted by atomic mass is 16.5. The lowest BCUT2D eigenvalue weighted by atomic mass is 9.86. The number of hydrogen-bond acceptors (Lipinski definition) is 5. The van der Waals surface area contributed by atoms with Gasteiger partial charge in [-0.2, -0.15) is 0 Å². The minimum Gasteiger partial charge on any atom is -0.438 e. The summed E-state index contributed by atoms with van der Waals surface area (Å²) in [4.78, 5) is 35.2. The van der Waals surface area contributed by atoms with Crippen molar-refractivity contribution < 1.29 is 18.7 Å². The van der Waals surface area contributed by atoms with Crippen molar-refractivity contribution in [2.45, 2.75) is 44.2 Å². The van der Waals surface area contributed by atoms with Gasteiger partial charge in [0.15, 0.2) is 6.39 Å². The summed E-state index contributed by atoms with van der Waals surface area (Å²) in [6.45, 7) is 5.22. The first-order valence-electron chi connectivity index (χ1n) is 9.33. The molecule has 142 valence electrons. The van der Waals surface area contributed by atoms with Crippen LogP contribution in [0, 0.1) is 6.92 Å². The molecule has 26 heavy (non-hydrogen) atoms. The summed E-state index contributed by atoms with van der Waals surface area (Å²) in [6.07, 6.45) is 4.67. The van der Waals surface area contributed by atoms with Crippen molar-refractivity contribution in [2.75, 3.05) is 39.9 Å². The van der Waals surface area contributed by atoms with Crippen LogP contribution in [0.5, 0.6) is 0 Å². The molecule has 0 bridgehead atoms. The van der Waals surface area contributed by atoms with Gasteiger partial charge < -0.3 is 23.9 Å². The molecule has 1 aromatic heterocycles. The number of piperidine rings is 1. The van der Waals surface area contributed by atoms with Crippen LogP contribution in [0.3, 0.4) is 0 Å². The van der Waals surface area contributed by atoms with Gasteiger partial charge >= 0.3 is 6.03 Å². The van der Waals surface area contributed by atoms with Crippen molar-refractivity contribution in [3.63, 3.8) is 0 Å². The average molecular weight is 362 g/mol. The summed E-state index contributed by atoms with van der Waals surface area (Å²) >= 11 is 0. The van der Waals surface area contributed by atoms with E-state index in [1.54, 1.807) is 6.92 Å². The number of amides is 3. The first-order chi connectivity index (χ1) is 12.5. The van der Waals surface area contributed by atoms with Crippen LogP contribution < -0.4 is 0 Å². The lowest BCUT2D eigenvalue weighted by Gasteiger charge is -2.46. The number of nitrogens with zero attached hydrogens (tertiary/aromatic N) is 4. The van der Waals surface area contributed by atoms with Crippen LogP contribution in [0.2, 0.25) is 0 Å². The third-order valence-corrected chi connectivity index (χ3v) is 6.06. The highest BCUT2D eigenvalue weighted by Gasteiger charge is 2.52. The Hall–Kier alpha value is -2.09. The molecule has 3 fully saturated rings. The van der Waals surface area contributed by atoms with E-state index < -0.39 is 0 Å². The number of likely N-dealkylation sites (N-methyl/N-ethyl adjacent to an activating group) is 1. The number of carbonyl (C=O) groups excluding carboxylic acids is 2. The van der Waals surface area contributed by atoms with Crippen LogP contribution in [0.25, 0.3) is 0 Å². The number of oxazole rings is 1. The molecule has 3 aliphatic heterocycles. The molecule has 0 unspecified atom stereocenters. The normalized spacial score (nSPS) is 23.9. The number of rotatable bonds is 2. The molecule has 3 aliphatic rings. The summed E-state index contributed by atoms with van der Waals surface area (Å²) < 4.78 is 10.8. The van der Waals surface area contributed by atoms with Gasteiger partial charge in [-0.15, -0.1) is 0 Å². The van der Waals surface area contributed by atoms with Crippen molar-refractivity contribution >= 4 is 11.9 Å². The highest BCUT2D eigenvalue weighted by molar-refractivity contribution is 5.92. The molecule has 0 radical (unpaired) electrons. The Kier molecular flexibility index (Phi) is 4.38. The standard InChI is InChI=1S/C18H26N4O4/c1-13-15(26-12-19-13)16(23)21-7-3-14(4-8-21)22-17(24)20(2)11-18(22)5-9-25-10-6-18/h12,14H,3-11H2,1-2H3. The summed E-state index contributed by atoms with van der Waals surface area (Å²) in [5.41, 5.74) is 0.511. The number of likely N-dealkylation sites (tertiary alicyclic amines) is 1. The quantitative estimate of drug-likeness (QED) is 0.797. The Morgan fingerprint density at radius 1 is 1.27 bits per heavy atom. The summed E-state index contributed by atoms with van der Waals surface area (Å²) in [6, 6.07) is 0.285. The van der Waals surface area contributed by atoms with Crippen LogP contribution in [0.4, 0.5) is 4.79 Å². The molecule has 1 spiro atoms. The summed E-state index contributed by atoms with van der Waals surface area (Å²) in [5, 5.41) is 0. The van der Waals surface area contributed by atoms with Crippen molar-refractivity contribution in [2.24, 2.45) is 0 Å². The molecule has 1 aromatic rings. The number of hydrogen-bond donors (Lipinski definition) is 0. The monoisotopic (exact) mass is 362 g/mol. The molecule has 8 nitrogen and oxygen atoms in total. The Morgan fingerprint density at radius 3 is 2.58 bits per heavy atom. The molecule has 0 saturated carbocycles. The predicted octanol–water partition coefficient (Wildman–Crippen LogP) is 1.50. The molecule has 4 rings (SSSR count). The van der Waals surface area contributed by atoms with Crippen molar-refractivity contribution in [1.29, 1.82) is 0 Å². The number of aryl methyl sites for hydroxylation is 1. The van der Waals surface area contributed by atoms with Crippen LogP contribution in [0.15, 0.2) is 10.8 Å². The van der Waals surface area contributed by atoms with E-state index in [4.69, 9.17) is 9.15 Å². The number of carbonyl (C=O) groups is 2. The van der Waals surface area contributed by atoms with E-state index >= 15 is 0 Å². The third kappa shape index (κ3) is 2.76. The Bertz CT molecular complexity index is 689. The van der Waals surface area contributed by atoms with E-state index in [-0.39, 0.29) is 23.5 Å². The zero-order chi connectivity index (χ0) is 18.3. The number of ether oxygens (including phenoxy) is 1. The van der Waals surface area contributed by atoms with E-state index in [1.165, 1.54) is 6.39 Å². The van der Waals surface area contributed by atoms with E-state index in [0.29, 0.717) is 37.8 Å². The molecular weight excluding hydrogens is 336 g/mol. The lowest BCUT2D eigenvalue weighted by molar-refractivity contribution is -0.0152. The minimum atomic E-state index is -0.109. The van der Waals surface area contributed by atoms with E-state index in [1.807, 2.05) is 16.8 Å². The second-order valence-electron chi connectivity index (χ2n) is 7.64. The topological polar surface area (TPSA) is 79.1 Å². The van der Waals surface area contributed by atoms with Gasteiger partial charge in [-0.25, -0.2) is 9.78 Å². The molecule has 3 saturated heterocycles. The van der Waals surface area contributed by atoms with Crippen molar-refractivity contribution in [3.8, 4) is 0 Å². The first kappa shape index (κ1) is 17.3. The lowest BCUT2D eigenvalue weighted by Crippen LogP contribution is -2.57. The maximum atomic E-state index is 12.8. The zero-order valence-electron chi connectivity index (χ0n) is 15.4. The molecule has 0 atom stereocenters. The van der Waals surface area contributed by atoms with E-state index in [9.17, 15) is 9.59 Å². The number of urea groups is 1. The average Bonchev–Trinajstić information content (AvgIpc) is 3.17. The van der Waals surface area contributed by atoms with E-state index in [2.05, 4.69) is 9.88 Å². The maximum Gasteiger partial charge on any atom is 0.320 e. The Labute approximate surface area is 153 Å². The molecular formula is C18H26N4O4. The van der Waals surface area contributed by atoms with Gasteiger partial charge in [-0.05, 0) is 32.6 Å². The van der Waals surface area contributed by atoms with E-state index in [0.717, 1.165) is 32.2 Å². The molecule has 8 heteroatoms. The van der Waals surface area contributed by atoms with Crippen LogP contribution in [-0.2, 0) is 4.74 Å². The van der Waals surface area contributed by atoms with Gasteiger partial charge in [0, 0.05) is 45.9 Å². The zero-order valence-corrected chi connectivity index (χ0v) is 15.4. The number of aromatic nitrogens is 1. The van der Waals surface area contributed by atoms with Gasteiger partial charge in [-0.1, -0.05) is 0 Å². The predicted molar refractivity (Wildman–Crippen MR) is 92.8 cm³/mol. The van der Waals surface area contributed by atoms with Crippen LogP contribution >= 0.6 is 0 Å². The Balaban J connectivity index is 1.46. The summed E-state index contributed by atoms with van der Waals surface area (Å²) in [5.74, 6) is 0.213. The fourth-order valence-corrected chi connectivity index (χ4v) is 4.64. The summed E-state index contributed by atoms with van der Waals surface area (Å²) in [7, 11) is 1.88. The Morgan fingerprint density at radius 2 is 1.96 bits per heavy atom. The first-order valence-corrected chi connectivity index (χ1v) is 9.33. The van der Waals surface area contributed by atoms with Gasteiger partial charge in [0.2, 0.25) is 5.76 Å². The molecule has 0 aromatic carbocycles. The second-order valence-corrected chi connectivity index (χ2v) is 7.64. The minimum absolute atomic E-state index is 0.107. The van der Waals surface area contributed by atoms with Crippen LogP contribution in [0.1, 0.15) is 41.9 Å². The molecule has 0 N–H and O–H groups in total. The molecule has 0 aliphatic carbocycles. The molecule has 3 amide bonds. The SMILES string of the molecule is Cc1ncoc1C(=O)N1CCC(N2C(=O)N(C)CC23CCOCC3)CC1. The van der Waals surface area contributed by atoms with Crippen LogP contribution in [-0.4, -0.2) is 83.1 Å². The largest absolute Gasteiger partial charge is 0.438 e. The third-order valence-electron chi connectivity index (χ3n) is 6.06. The second kappa shape index (κ2) is 6.57. The fourth-order valence-electron chi connectivity index (χ4n) is 4.64. The van der Waals surface area contributed by atoms with Gasteiger partial charge in [-0.3, -0.25) is 4.79 Å². The maximum absolute atomic E-state index is 12.8. The highest BCUT2D eigenvalue weighted by Crippen LogP contribution is 2.38. The fraction of sp³-hybridized carbons (Fsp3) is 0.722. The molecule has 4 heterocycles. The van der Waals surface area contributed by atoms with Gasteiger partial charge in [0.1, 0.15) is 0 Å². The van der Waals surface area contributed by atoms with Crippen molar-refractivity contribution in [3.05, 3.63) is 17.8 Å². The van der Waals surface area contributed by atoms with Gasteiger partial charge in [0.05, 0.1) is 11.2 Å². The van der Waals surface area contributed by atoms with Gasteiger partial charge in [0.25, 0.3) is 5.91 Å². The van der Waals surface area contributed by atoms with Crippen molar-refractivity contribution in [1.82, 2.24) is 19.7 Å².